The minimum absolute atomic E-state index is 0.105. The molecule has 0 saturated heterocycles. The predicted molar refractivity (Wildman–Crippen MR) is 99.6 cm³/mol. The molecule has 2 N–H and O–H groups in total. The first-order valence-corrected chi connectivity index (χ1v) is 8.62. The first-order valence-electron chi connectivity index (χ1n) is 8.62. The van der Waals surface area contributed by atoms with Crippen LogP contribution in [0.15, 0.2) is 35.1 Å². The van der Waals surface area contributed by atoms with Crippen LogP contribution in [0.3, 0.4) is 0 Å². The van der Waals surface area contributed by atoms with Gasteiger partial charge in [0.2, 0.25) is 5.43 Å². The third kappa shape index (κ3) is 4.58. The zero-order valence-corrected chi connectivity index (χ0v) is 15.4. The second-order valence-corrected chi connectivity index (χ2v) is 6.19. The number of carbonyl (C=O) groups excluding carboxylic acids is 1. The zero-order chi connectivity index (χ0) is 20.8. The summed E-state index contributed by atoms with van der Waals surface area (Å²) in [4.78, 5) is 46.5. The summed E-state index contributed by atoms with van der Waals surface area (Å²) in [7, 11) is 0. The van der Waals surface area contributed by atoms with E-state index in [4.69, 9.17) is 5.11 Å². The third-order valence-corrected chi connectivity index (χ3v) is 4.12. The molecule has 0 aliphatic carbocycles. The lowest BCUT2D eigenvalue weighted by molar-refractivity contribution is -0.384. The average molecular weight is 388 g/mol. The van der Waals surface area contributed by atoms with Crippen molar-refractivity contribution in [2.75, 3.05) is 6.54 Å². The van der Waals surface area contributed by atoms with Crippen LogP contribution in [0.2, 0.25) is 0 Å². The Hall–Kier alpha value is -3.56. The summed E-state index contributed by atoms with van der Waals surface area (Å²) in [5, 5.41) is 26.8. The van der Waals surface area contributed by atoms with Gasteiger partial charge in [-0.05, 0) is 19.4 Å². The van der Waals surface area contributed by atoms with Crippen molar-refractivity contribution in [1.29, 1.82) is 0 Å². The highest BCUT2D eigenvalue weighted by Crippen LogP contribution is 2.22. The fourth-order valence-electron chi connectivity index (χ4n) is 2.71. The number of carboxylic acids is 1. The van der Waals surface area contributed by atoms with E-state index in [0.29, 0.717) is 18.5 Å². The van der Waals surface area contributed by atoms with E-state index in [1.807, 2.05) is 6.92 Å². The smallest absolute Gasteiger partial charge is 0.308 e. The van der Waals surface area contributed by atoms with E-state index in [2.05, 4.69) is 10.4 Å². The average Bonchev–Trinajstić information content (AvgIpc) is 2.64. The van der Waals surface area contributed by atoms with Crippen LogP contribution in [-0.4, -0.2) is 38.2 Å². The molecule has 10 heteroatoms. The van der Waals surface area contributed by atoms with Crippen LogP contribution < -0.4 is 10.7 Å². The number of nitro groups is 1. The van der Waals surface area contributed by atoms with Gasteiger partial charge in [0.15, 0.2) is 5.69 Å². The summed E-state index contributed by atoms with van der Waals surface area (Å²) in [6, 6.07) is 6.96. The standard InChI is InChI=1S/C18H20N4O6/c1-3-6-12(18(25)26)10-19-17(24)16-15(23)9-11(2)21(20-16)13-7-4-5-8-14(13)22(27)28/h4-5,7-9,12H,3,6,10H2,1-2H3,(H,19,24)(H,25,26). The highest BCUT2D eigenvalue weighted by atomic mass is 16.6. The molecule has 1 unspecified atom stereocenters. The van der Waals surface area contributed by atoms with Crippen LogP contribution in [-0.2, 0) is 4.79 Å². The van der Waals surface area contributed by atoms with Crippen LogP contribution in [0, 0.1) is 23.0 Å². The van der Waals surface area contributed by atoms with Gasteiger partial charge in [0.05, 0.1) is 10.8 Å². The summed E-state index contributed by atoms with van der Waals surface area (Å²) in [6.07, 6.45) is 0.998. The molecule has 0 aliphatic rings. The van der Waals surface area contributed by atoms with E-state index in [0.717, 1.165) is 10.7 Å². The highest BCUT2D eigenvalue weighted by molar-refractivity contribution is 5.92. The maximum atomic E-state index is 12.4. The summed E-state index contributed by atoms with van der Waals surface area (Å²) in [6.45, 7) is 3.21. The summed E-state index contributed by atoms with van der Waals surface area (Å²) in [5.41, 5.74) is -0.947. The van der Waals surface area contributed by atoms with Crippen molar-refractivity contribution in [3.8, 4) is 5.69 Å². The molecule has 0 fully saturated rings. The number of carbonyl (C=O) groups is 2. The van der Waals surface area contributed by atoms with E-state index >= 15 is 0 Å². The molecule has 1 heterocycles. The number of benzene rings is 1. The third-order valence-electron chi connectivity index (χ3n) is 4.12. The normalized spacial score (nSPS) is 11.6. The summed E-state index contributed by atoms with van der Waals surface area (Å²) < 4.78 is 1.15. The molecular weight excluding hydrogens is 368 g/mol. The van der Waals surface area contributed by atoms with E-state index in [9.17, 15) is 24.5 Å². The van der Waals surface area contributed by atoms with Crippen molar-refractivity contribution < 1.29 is 19.6 Å². The van der Waals surface area contributed by atoms with Gasteiger partial charge in [-0.2, -0.15) is 5.10 Å². The van der Waals surface area contributed by atoms with Gasteiger partial charge in [0.1, 0.15) is 5.69 Å². The maximum Gasteiger partial charge on any atom is 0.308 e. The number of aryl methyl sites for hydroxylation is 1. The Morgan fingerprint density at radius 2 is 2.04 bits per heavy atom. The van der Waals surface area contributed by atoms with Gasteiger partial charge in [0, 0.05) is 24.4 Å². The Morgan fingerprint density at radius 3 is 2.64 bits per heavy atom. The van der Waals surface area contributed by atoms with E-state index < -0.39 is 33.8 Å². The topological polar surface area (TPSA) is 144 Å². The van der Waals surface area contributed by atoms with Gasteiger partial charge in [-0.15, -0.1) is 0 Å². The first-order chi connectivity index (χ1) is 13.3. The van der Waals surface area contributed by atoms with Crippen molar-refractivity contribution in [2.24, 2.45) is 5.92 Å². The van der Waals surface area contributed by atoms with Gasteiger partial charge < -0.3 is 10.4 Å². The molecule has 2 aromatic rings. The van der Waals surface area contributed by atoms with Gasteiger partial charge in [-0.25, -0.2) is 4.68 Å². The van der Waals surface area contributed by atoms with Crippen molar-refractivity contribution >= 4 is 17.6 Å². The molecular formula is C18H20N4O6. The molecule has 1 aromatic carbocycles. The minimum Gasteiger partial charge on any atom is -0.481 e. The summed E-state index contributed by atoms with van der Waals surface area (Å²) in [5.74, 6) is -2.66. The van der Waals surface area contributed by atoms with E-state index in [1.54, 1.807) is 6.07 Å². The van der Waals surface area contributed by atoms with Crippen molar-refractivity contribution in [2.45, 2.75) is 26.7 Å². The fraction of sp³-hybridized carbons (Fsp3) is 0.333. The minimum atomic E-state index is -1.05. The quantitative estimate of drug-likeness (QED) is 0.517. The molecule has 0 aliphatic heterocycles. The molecule has 0 radical (unpaired) electrons. The molecule has 1 amide bonds. The Morgan fingerprint density at radius 1 is 1.36 bits per heavy atom. The SMILES string of the molecule is CCCC(CNC(=O)c1nn(-c2ccccc2[N+](=O)[O-])c(C)cc1=O)C(=O)O. The van der Waals surface area contributed by atoms with Gasteiger partial charge in [-0.1, -0.05) is 25.5 Å². The largest absolute Gasteiger partial charge is 0.481 e. The van der Waals surface area contributed by atoms with E-state index in [-0.39, 0.29) is 17.9 Å². The summed E-state index contributed by atoms with van der Waals surface area (Å²) >= 11 is 0. The molecule has 10 nitrogen and oxygen atoms in total. The molecule has 148 valence electrons. The second-order valence-electron chi connectivity index (χ2n) is 6.19. The lowest BCUT2D eigenvalue weighted by Gasteiger charge is -2.13. The maximum absolute atomic E-state index is 12.4. The molecule has 2 rings (SSSR count). The Kier molecular flexibility index (Phi) is 6.59. The zero-order valence-electron chi connectivity index (χ0n) is 15.4. The van der Waals surface area contributed by atoms with E-state index in [1.165, 1.54) is 25.1 Å². The predicted octanol–water partition coefficient (Wildman–Crippen LogP) is 1.68. The Balaban J connectivity index is 2.39. The van der Waals surface area contributed by atoms with Gasteiger partial charge in [0.25, 0.3) is 11.6 Å². The van der Waals surface area contributed by atoms with Crippen molar-refractivity contribution in [3.05, 3.63) is 62.1 Å². The molecule has 1 atom stereocenters. The Labute approximate surface area is 160 Å². The van der Waals surface area contributed by atoms with Crippen LogP contribution in [0.25, 0.3) is 5.69 Å². The van der Waals surface area contributed by atoms with Crippen LogP contribution in [0.5, 0.6) is 0 Å². The number of nitrogens with zero attached hydrogens (tertiary/aromatic N) is 3. The van der Waals surface area contributed by atoms with Crippen molar-refractivity contribution in [1.82, 2.24) is 15.1 Å². The lowest BCUT2D eigenvalue weighted by Crippen LogP contribution is -2.36. The monoisotopic (exact) mass is 388 g/mol. The number of nitro benzene ring substituents is 1. The number of nitrogens with one attached hydrogen (secondary N) is 1. The van der Waals surface area contributed by atoms with Gasteiger partial charge in [-0.3, -0.25) is 24.5 Å². The lowest BCUT2D eigenvalue weighted by atomic mass is 10.0. The number of para-hydroxylation sites is 2. The number of aliphatic carboxylic acids is 1. The fourth-order valence-corrected chi connectivity index (χ4v) is 2.71. The van der Waals surface area contributed by atoms with Crippen LogP contribution in [0.4, 0.5) is 5.69 Å². The number of carboxylic acid groups (broad SMARTS) is 1. The molecule has 0 saturated carbocycles. The van der Waals surface area contributed by atoms with Crippen LogP contribution >= 0.6 is 0 Å². The number of hydrogen-bond acceptors (Lipinski definition) is 6. The van der Waals surface area contributed by atoms with Crippen LogP contribution in [0.1, 0.15) is 35.9 Å². The first kappa shape index (κ1) is 20.7. The van der Waals surface area contributed by atoms with Gasteiger partial charge >= 0.3 is 5.97 Å². The molecule has 0 spiro atoms. The van der Waals surface area contributed by atoms with Crippen molar-refractivity contribution in [3.63, 3.8) is 0 Å². The number of amides is 1. The Bertz CT molecular complexity index is 969. The second kappa shape index (κ2) is 8.89. The highest BCUT2D eigenvalue weighted by Gasteiger charge is 2.22. The number of hydrogen-bond donors (Lipinski definition) is 2. The number of rotatable bonds is 8. The molecule has 1 aromatic heterocycles. The number of aromatic nitrogens is 2. The molecule has 28 heavy (non-hydrogen) atoms. The molecule has 0 bridgehead atoms.